The number of hydrogen-bond donors (Lipinski definition) is 2. The molecule has 0 aliphatic carbocycles. The molecule has 1 fully saturated rings. The van der Waals surface area contributed by atoms with Gasteiger partial charge in [-0.1, -0.05) is 73.8 Å². The molecule has 0 radical (unpaired) electrons. The molecule has 0 spiro atoms. The van der Waals surface area contributed by atoms with Crippen molar-refractivity contribution in [2.75, 3.05) is 11.9 Å². The Hall–Kier alpha value is -1.69. The van der Waals surface area contributed by atoms with Gasteiger partial charge in [-0.05, 0) is 32.1 Å². The van der Waals surface area contributed by atoms with Crippen LogP contribution in [-0.4, -0.2) is 38.7 Å². The van der Waals surface area contributed by atoms with Crippen molar-refractivity contribution >= 4 is 5.95 Å². The van der Waals surface area contributed by atoms with Crippen LogP contribution in [0.1, 0.15) is 118 Å². The summed E-state index contributed by atoms with van der Waals surface area (Å²) in [4.78, 5) is 14.3. The van der Waals surface area contributed by atoms with Gasteiger partial charge in [0.15, 0.2) is 0 Å². The second-order valence-corrected chi connectivity index (χ2v) is 10.5. The van der Waals surface area contributed by atoms with Crippen LogP contribution in [0.4, 0.5) is 5.95 Å². The Morgan fingerprint density at radius 1 is 1.00 bits per heavy atom. The molecule has 6 nitrogen and oxygen atoms in total. The van der Waals surface area contributed by atoms with Gasteiger partial charge in [-0.25, -0.2) is 0 Å². The van der Waals surface area contributed by atoms with E-state index in [1.807, 2.05) is 6.08 Å². The normalized spacial score (nSPS) is 18.2. The molecule has 2 heterocycles. The molecule has 0 atom stereocenters. The molecule has 2 rings (SSSR count). The summed E-state index contributed by atoms with van der Waals surface area (Å²) in [6.45, 7) is 20.2. The molecule has 0 bridgehead atoms. The fourth-order valence-electron chi connectivity index (χ4n) is 5.15. The first-order valence-electron chi connectivity index (χ1n) is 13.3. The highest BCUT2D eigenvalue weighted by molar-refractivity contribution is 5.29. The van der Waals surface area contributed by atoms with E-state index in [1.165, 1.54) is 19.3 Å². The molecule has 0 unspecified atom stereocenters. The van der Waals surface area contributed by atoms with Crippen molar-refractivity contribution in [3.05, 3.63) is 18.5 Å². The van der Waals surface area contributed by atoms with Crippen LogP contribution in [0.3, 0.4) is 0 Å². The van der Waals surface area contributed by atoms with Crippen molar-refractivity contribution in [1.29, 1.82) is 0 Å². The fourth-order valence-corrected chi connectivity index (χ4v) is 5.15. The first-order valence-corrected chi connectivity index (χ1v) is 13.3. The molecule has 1 aromatic rings. The molecule has 1 aliphatic rings. The number of hydrogen-bond acceptors (Lipinski definition) is 6. The maximum Gasteiger partial charge on any atom is 0.321 e. The summed E-state index contributed by atoms with van der Waals surface area (Å²) in [6.07, 6.45) is 12.8. The van der Waals surface area contributed by atoms with E-state index in [4.69, 9.17) is 14.7 Å². The summed E-state index contributed by atoms with van der Waals surface area (Å²) in [7, 11) is 0. The van der Waals surface area contributed by atoms with E-state index in [0.717, 1.165) is 50.8 Å². The number of aromatic nitrogens is 3. The van der Waals surface area contributed by atoms with Crippen LogP contribution in [0, 0.1) is 0 Å². The SMILES string of the molecule is C=CCNc1nc(OC2CC(CC)(CC)NC(CC)(CC)C2)nc(C(C)(C)CCCCC)n1. The topological polar surface area (TPSA) is 72.0 Å². The van der Waals surface area contributed by atoms with E-state index in [-0.39, 0.29) is 22.6 Å². The van der Waals surface area contributed by atoms with Gasteiger partial charge in [-0.2, -0.15) is 15.0 Å². The van der Waals surface area contributed by atoms with Gasteiger partial charge in [0.05, 0.1) is 0 Å². The minimum atomic E-state index is -0.137. The predicted molar refractivity (Wildman–Crippen MR) is 139 cm³/mol. The average Bonchev–Trinajstić information content (AvgIpc) is 2.82. The molecule has 1 aliphatic heterocycles. The van der Waals surface area contributed by atoms with Crippen molar-refractivity contribution in [2.24, 2.45) is 0 Å². The summed E-state index contributed by atoms with van der Waals surface area (Å²) < 4.78 is 6.59. The number of rotatable bonds is 14. The molecule has 1 saturated heterocycles. The number of nitrogens with zero attached hydrogens (tertiary/aromatic N) is 3. The predicted octanol–water partition coefficient (Wildman–Crippen LogP) is 6.58. The van der Waals surface area contributed by atoms with Gasteiger partial charge in [-0.15, -0.1) is 6.58 Å². The molecule has 6 heteroatoms. The Kier molecular flexibility index (Phi) is 10.1. The zero-order valence-corrected chi connectivity index (χ0v) is 22.4. The van der Waals surface area contributed by atoms with Gasteiger partial charge in [0.1, 0.15) is 11.9 Å². The molecule has 1 aromatic heterocycles. The molecule has 33 heavy (non-hydrogen) atoms. The first-order chi connectivity index (χ1) is 15.7. The number of unbranched alkanes of at least 4 members (excludes halogenated alkanes) is 2. The van der Waals surface area contributed by atoms with E-state index in [2.05, 4.69) is 70.7 Å². The second kappa shape index (κ2) is 12.1. The smallest absolute Gasteiger partial charge is 0.321 e. The minimum Gasteiger partial charge on any atom is -0.460 e. The van der Waals surface area contributed by atoms with Crippen molar-refractivity contribution in [3.8, 4) is 6.01 Å². The summed E-state index contributed by atoms with van der Waals surface area (Å²) in [6, 6.07) is 0.448. The van der Waals surface area contributed by atoms with Crippen LogP contribution >= 0.6 is 0 Å². The van der Waals surface area contributed by atoms with Gasteiger partial charge in [-0.3, -0.25) is 0 Å². The summed E-state index contributed by atoms with van der Waals surface area (Å²) >= 11 is 0. The average molecular weight is 460 g/mol. The summed E-state index contributed by atoms with van der Waals surface area (Å²) in [5.41, 5.74) is 0.0461. The van der Waals surface area contributed by atoms with Gasteiger partial charge in [0.25, 0.3) is 0 Å². The monoisotopic (exact) mass is 459 g/mol. The first kappa shape index (κ1) is 27.6. The molecular formula is C27H49N5O. The summed E-state index contributed by atoms with van der Waals surface area (Å²) in [5.74, 6) is 1.38. The molecule has 0 amide bonds. The third-order valence-corrected chi connectivity index (χ3v) is 7.78. The van der Waals surface area contributed by atoms with E-state index in [9.17, 15) is 0 Å². The second-order valence-electron chi connectivity index (χ2n) is 10.5. The highest BCUT2D eigenvalue weighted by Gasteiger charge is 2.45. The van der Waals surface area contributed by atoms with Crippen molar-refractivity contribution in [1.82, 2.24) is 20.3 Å². The lowest BCUT2D eigenvalue weighted by molar-refractivity contribution is 0.0139. The third kappa shape index (κ3) is 7.14. The standard InChI is InChI=1S/C27H49N5O/c1-9-15-16-17-25(7,8)22-29-23(28-18-10-2)31-24(30-22)33-21-19-26(11-3,12-4)32-27(13-5,14-6)20-21/h10,21,32H,2,9,11-20H2,1,3-8H3,(H,28,29,30,31). The van der Waals surface area contributed by atoms with Crippen LogP contribution in [0.15, 0.2) is 12.7 Å². The maximum atomic E-state index is 6.59. The lowest BCUT2D eigenvalue weighted by atomic mass is 9.72. The number of piperidine rings is 1. The number of ether oxygens (including phenoxy) is 1. The Morgan fingerprint density at radius 3 is 2.12 bits per heavy atom. The van der Waals surface area contributed by atoms with Crippen molar-refractivity contribution in [3.63, 3.8) is 0 Å². The minimum absolute atomic E-state index is 0.0803. The third-order valence-electron chi connectivity index (χ3n) is 7.78. The van der Waals surface area contributed by atoms with Gasteiger partial charge in [0, 0.05) is 35.9 Å². The lowest BCUT2D eigenvalue weighted by Gasteiger charge is -2.51. The largest absolute Gasteiger partial charge is 0.460 e. The molecular weight excluding hydrogens is 410 g/mol. The number of nitrogens with one attached hydrogen (secondary N) is 2. The van der Waals surface area contributed by atoms with Crippen molar-refractivity contribution in [2.45, 2.75) is 135 Å². The van der Waals surface area contributed by atoms with E-state index >= 15 is 0 Å². The maximum absolute atomic E-state index is 6.59. The molecule has 2 N–H and O–H groups in total. The highest BCUT2D eigenvalue weighted by atomic mass is 16.5. The molecule has 188 valence electrons. The van der Waals surface area contributed by atoms with Crippen LogP contribution in [0.2, 0.25) is 0 Å². The van der Waals surface area contributed by atoms with E-state index in [0.29, 0.717) is 18.5 Å². The highest BCUT2D eigenvalue weighted by Crippen LogP contribution is 2.39. The Labute approximate surface area is 202 Å². The van der Waals surface area contributed by atoms with Gasteiger partial charge < -0.3 is 15.4 Å². The van der Waals surface area contributed by atoms with Gasteiger partial charge in [0.2, 0.25) is 5.95 Å². The Morgan fingerprint density at radius 2 is 1.61 bits per heavy atom. The summed E-state index contributed by atoms with van der Waals surface area (Å²) in [5, 5.41) is 7.30. The Bertz CT molecular complexity index is 720. The van der Waals surface area contributed by atoms with Crippen LogP contribution in [0.25, 0.3) is 0 Å². The van der Waals surface area contributed by atoms with Crippen LogP contribution in [0.5, 0.6) is 6.01 Å². The number of anilines is 1. The lowest BCUT2D eigenvalue weighted by Crippen LogP contribution is -2.64. The zero-order valence-electron chi connectivity index (χ0n) is 22.4. The van der Waals surface area contributed by atoms with Crippen LogP contribution < -0.4 is 15.4 Å². The molecule has 0 saturated carbocycles. The van der Waals surface area contributed by atoms with Gasteiger partial charge >= 0.3 is 6.01 Å². The van der Waals surface area contributed by atoms with E-state index < -0.39 is 0 Å². The Balaban J connectivity index is 2.36. The van der Waals surface area contributed by atoms with Crippen LogP contribution in [-0.2, 0) is 5.41 Å². The fraction of sp³-hybridized carbons (Fsp3) is 0.815. The zero-order chi connectivity index (χ0) is 24.5. The quantitative estimate of drug-likeness (QED) is 0.242. The molecule has 0 aromatic carbocycles. The van der Waals surface area contributed by atoms with Crippen molar-refractivity contribution < 1.29 is 4.74 Å². The van der Waals surface area contributed by atoms with E-state index in [1.54, 1.807) is 0 Å².